The first kappa shape index (κ1) is 31.8. The van der Waals surface area contributed by atoms with Gasteiger partial charge in [-0.15, -0.1) is 0 Å². The molecule has 0 atom stereocenters. The summed E-state index contributed by atoms with van der Waals surface area (Å²) in [6.07, 6.45) is 0. The highest BCUT2D eigenvalue weighted by atomic mass is 16.3. The molecule has 1 heterocycles. The number of hydrogen-bond donors (Lipinski definition) is 0. The van der Waals surface area contributed by atoms with Gasteiger partial charge in [-0.05, 0) is 111 Å². The molecule has 0 radical (unpaired) electrons. The predicted molar refractivity (Wildman–Crippen MR) is 243 cm³/mol. The third kappa shape index (κ3) is 4.89. The lowest BCUT2D eigenvalue weighted by Gasteiger charge is -2.20. The van der Waals surface area contributed by atoms with Gasteiger partial charge in [0.15, 0.2) is 0 Å². The first-order chi connectivity index (χ1) is 28.3. The molecule has 12 aromatic rings. The van der Waals surface area contributed by atoms with Crippen LogP contribution in [0.15, 0.2) is 211 Å². The van der Waals surface area contributed by atoms with Gasteiger partial charge in [0, 0.05) is 16.3 Å². The van der Waals surface area contributed by atoms with E-state index in [1.807, 2.05) is 0 Å². The lowest BCUT2D eigenvalue weighted by atomic mass is 9.83. The van der Waals surface area contributed by atoms with Crippen LogP contribution < -0.4 is 0 Å². The van der Waals surface area contributed by atoms with E-state index < -0.39 is 0 Å². The van der Waals surface area contributed by atoms with Crippen LogP contribution in [0, 0.1) is 0 Å². The third-order valence-corrected chi connectivity index (χ3v) is 12.0. The van der Waals surface area contributed by atoms with E-state index in [9.17, 15) is 0 Å². The van der Waals surface area contributed by atoms with Gasteiger partial charge in [-0.1, -0.05) is 188 Å². The second-order valence-electron chi connectivity index (χ2n) is 15.1. The van der Waals surface area contributed by atoms with Gasteiger partial charge in [0.05, 0.1) is 0 Å². The molecule has 0 bridgehead atoms. The van der Waals surface area contributed by atoms with Crippen molar-refractivity contribution >= 4 is 75.8 Å². The molecular formula is C56H34O. The topological polar surface area (TPSA) is 13.1 Å². The van der Waals surface area contributed by atoms with Crippen molar-refractivity contribution in [3.05, 3.63) is 206 Å². The van der Waals surface area contributed by atoms with Crippen molar-refractivity contribution in [1.29, 1.82) is 0 Å². The third-order valence-electron chi connectivity index (χ3n) is 12.0. The highest BCUT2D eigenvalue weighted by Gasteiger charge is 2.20. The Morgan fingerprint density at radius 3 is 1.58 bits per heavy atom. The van der Waals surface area contributed by atoms with Crippen LogP contribution in [-0.4, -0.2) is 0 Å². The SMILES string of the molecule is c1ccc(-c2cccc3c2oc2ccc4ccc(-c5c6ccccc6c(-c6ccc(-c7ccc8ccccc8c7)c7ccccc67)c6ccccc56)cc4c23)cc1. The fourth-order valence-corrected chi connectivity index (χ4v) is 9.47. The molecule has 1 aromatic heterocycles. The monoisotopic (exact) mass is 722 g/mol. The molecule has 0 N–H and O–H groups in total. The van der Waals surface area contributed by atoms with E-state index in [2.05, 4.69) is 206 Å². The number of furan rings is 1. The molecule has 0 saturated heterocycles. The second-order valence-corrected chi connectivity index (χ2v) is 15.1. The quantitative estimate of drug-likeness (QED) is 0.165. The summed E-state index contributed by atoms with van der Waals surface area (Å²) in [6, 6.07) is 75.3. The van der Waals surface area contributed by atoms with Crippen molar-refractivity contribution in [2.24, 2.45) is 0 Å². The summed E-state index contributed by atoms with van der Waals surface area (Å²) in [7, 11) is 0. The molecule has 0 unspecified atom stereocenters. The van der Waals surface area contributed by atoms with E-state index in [1.165, 1.54) is 87.2 Å². The number of fused-ring (bicyclic) bond motifs is 9. The van der Waals surface area contributed by atoms with Crippen LogP contribution in [0.2, 0.25) is 0 Å². The Bertz CT molecular complexity index is 3510. The summed E-state index contributed by atoms with van der Waals surface area (Å²) in [5.74, 6) is 0. The number of benzene rings is 11. The fourth-order valence-electron chi connectivity index (χ4n) is 9.47. The van der Waals surface area contributed by atoms with Crippen LogP contribution >= 0.6 is 0 Å². The van der Waals surface area contributed by atoms with Gasteiger partial charge in [0.1, 0.15) is 11.2 Å². The van der Waals surface area contributed by atoms with Crippen LogP contribution in [0.4, 0.5) is 0 Å². The summed E-state index contributed by atoms with van der Waals surface area (Å²) >= 11 is 0. The van der Waals surface area contributed by atoms with E-state index in [4.69, 9.17) is 4.42 Å². The van der Waals surface area contributed by atoms with Crippen LogP contribution in [0.3, 0.4) is 0 Å². The highest BCUT2D eigenvalue weighted by molar-refractivity contribution is 6.26. The predicted octanol–water partition coefficient (Wildman–Crippen LogP) is 16.0. The maximum Gasteiger partial charge on any atom is 0.143 e. The van der Waals surface area contributed by atoms with Gasteiger partial charge >= 0.3 is 0 Å². The molecule has 11 aromatic carbocycles. The van der Waals surface area contributed by atoms with Crippen LogP contribution in [-0.2, 0) is 0 Å². The molecule has 1 heteroatoms. The molecule has 1 nitrogen and oxygen atoms in total. The molecule has 0 aliphatic heterocycles. The molecule has 0 spiro atoms. The maximum absolute atomic E-state index is 6.69. The lowest BCUT2D eigenvalue weighted by Crippen LogP contribution is -1.92. The zero-order valence-electron chi connectivity index (χ0n) is 31.0. The normalized spacial score (nSPS) is 11.9. The van der Waals surface area contributed by atoms with E-state index in [1.54, 1.807) is 0 Å². The first-order valence-electron chi connectivity index (χ1n) is 19.7. The Balaban J connectivity index is 1.10. The minimum absolute atomic E-state index is 0.905. The molecule has 12 rings (SSSR count). The standard InChI is InChI=1S/C56H34O/c1-2-14-36(15-3-1)42-23-12-24-50-55-51-34-40(28-26-37(51)29-32-52(55)57-56(42)50)53-45-19-8-10-21-47(45)54(48-22-11-9-20-46(48)53)49-31-30-41(43-17-6-7-18-44(43)49)39-27-25-35-13-4-5-16-38(35)33-39/h1-34H. The van der Waals surface area contributed by atoms with E-state index in [0.717, 1.165) is 33.1 Å². The lowest BCUT2D eigenvalue weighted by molar-refractivity contribution is 0.670. The second kappa shape index (κ2) is 12.5. The minimum atomic E-state index is 0.905. The van der Waals surface area contributed by atoms with Gasteiger partial charge in [-0.3, -0.25) is 0 Å². The van der Waals surface area contributed by atoms with Crippen molar-refractivity contribution < 1.29 is 4.42 Å². The Kier molecular flexibility index (Phi) is 7.00. The number of hydrogen-bond acceptors (Lipinski definition) is 1. The zero-order valence-corrected chi connectivity index (χ0v) is 31.0. The average Bonchev–Trinajstić information content (AvgIpc) is 3.68. The van der Waals surface area contributed by atoms with Crippen molar-refractivity contribution in [3.8, 4) is 44.5 Å². The largest absolute Gasteiger partial charge is 0.455 e. The maximum atomic E-state index is 6.69. The molecule has 264 valence electrons. The summed E-state index contributed by atoms with van der Waals surface area (Å²) in [4.78, 5) is 0. The summed E-state index contributed by atoms with van der Waals surface area (Å²) in [6.45, 7) is 0. The van der Waals surface area contributed by atoms with Crippen molar-refractivity contribution in [3.63, 3.8) is 0 Å². The minimum Gasteiger partial charge on any atom is -0.455 e. The molecule has 0 saturated carbocycles. The Hall–Kier alpha value is -7.48. The molecule has 0 fully saturated rings. The molecular weight excluding hydrogens is 689 g/mol. The Labute approximate surface area is 329 Å². The number of rotatable bonds is 4. The van der Waals surface area contributed by atoms with Crippen molar-refractivity contribution in [1.82, 2.24) is 0 Å². The fraction of sp³-hybridized carbons (Fsp3) is 0. The zero-order chi connectivity index (χ0) is 37.5. The Morgan fingerprint density at radius 2 is 0.825 bits per heavy atom. The van der Waals surface area contributed by atoms with Crippen molar-refractivity contribution in [2.45, 2.75) is 0 Å². The average molecular weight is 723 g/mol. The van der Waals surface area contributed by atoms with Gasteiger partial charge in [-0.25, -0.2) is 0 Å². The molecule has 57 heavy (non-hydrogen) atoms. The van der Waals surface area contributed by atoms with Crippen molar-refractivity contribution in [2.75, 3.05) is 0 Å². The van der Waals surface area contributed by atoms with E-state index in [-0.39, 0.29) is 0 Å². The van der Waals surface area contributed by atoms with E-state index >= 15 is 0 Å². The number of para-hydroxylation sites is 1. The molecule has 0 aliphatic carbocycles. The van der Waals surface area contributed by atoms with Gasteiger partial charge in [-0.2, -0.15) is 0 Å². The van der Waals surface area contributed by atoms with Gasteiger partial charge in [0.2, 0.25) is 0 Å². The first-order valence-corrected chi connectivity index (χ1v) is 19.7. The van der Waals surface area contributed by atoms with Crippen LogP contribution in [0.5, 0.6) is 0 Å². The highest BCUT2D eigenvalue weighted by Crippen LogP contribution is 2.48. The van der Waals surface area contributed by atoms with Crippen LogP contribution in [0.25, 0.3) is 120 Å². The van der Waals surface area contributed by atoms with Gasteiger partial charge in [0.25, 0.3) is 0 Å². The summed E-state index contributed by atoms with van der Waals surface area (Å²) < 4.78 is 6.69. The van der Waals surface area contributed by atoms with Gasteiger partial charge < -0.3 is 4.42 Å². The van der Waals surface area contributed by atoms with E-state index in [0.29, 0.717) is 0 Å². The van der Waals surface area contributed by atoms with Crippen LogP contribution in [0.1, 0.15) is 0 Å². The smallest absolute Gasteiger partial charge is 0.143 e. The summed E-state index contributed by atoms with van der Waals surface area (Å²) in [5.41, 5.74) is 11.5. The summed E-state index contributed by atoms with van der Waals surface area (Å²) in [5, 5.41) is 14.7. The Morgan fingerprint density at radius 1 is 0.263 bits per heavy atom. The molecule has 0 aliphatic rings. The molecule has 0 amide bonds.